The van der Waals surface area contributed by atoms with Crippen molar-refractivity contribution >= 4 is 0 Å². The lowest BCUT2D eigenvalue weighted by Gasteiger charge is -2.36. The first-order valence-electron chi connectivity index (χ1n) is 6.71. The van der Waals surface area contributed by atoms with E-state index >= 15 is 0 Å². The molecule has 0 unspecified atom stereocenters. The summed E-state index contributed by atoms with van der Waals surface area (Å²) >= 11 is 0. The highest BCUT2D eigenvalue weighted by molar-refractivity contribution is 5.30. The van der Waals surface area contributed by atoms with E-state index in [0.29, 0.717) is 12.0 Å². The summed E-state index contributed by atoms with van der Waals surface area (Å²) in [5.74, 6) is 2.61. The highest BCUT2D eigenvalue weighted by atomic mass is 16.5. The van der Waals surface area contributed by atoms with Crippen LogP contribution in [0.25, 0.3) is 0 Å². The summed E-state index contributed by atoms with van der Waals surface area (Å²) in [5, 5.41) is 3.53. The molecule has 0 atom stereocenters. The van der Waals surface area contributed by atoms with Crippen LogP contribution in [0.1, 0.15) is 30.1 Å². The Morgan fingerprint density at radius 1 is 1.32 bits per heavy atom. The lowest BCUT2D eigenvalue weighted by atomic mass is 9.76. The fraction of sp³-hybridized carbons (Fsp3) is 0.400. The number of benzene rings is 1. The Balaban J connectivity index is 1.46. The number of aromatic nitrogens is 2. The summed E-state index contributed by atoms with van der Waals surface area (Å²) in [7, 11) is 1.70. The number of hydrogen-bond acceptors (Lipinski definition) is 3. The van der Waals surface area contributed by atoms with Crippen LogP contribution >= 0.6 is 0 Å². The van der Waals surface area contributed by atoms with Crippen molar-refractivity contribution in [2.75, 3.05) is 7.11 Å². The second-order valence-electron chi connectivity index (χ2n) is 5.06. The standard InChI is InChI=1S/C15H19N3O/c1-19-14-4-2-11(3-5-14)12-8-13(9-12)18-10-15-16-6-7-17-15/h2-7,12-13,18H,8-10H2,1H3,(H,16,17). The van der Waals surface area contributed by atoms with Gasteiger partial charge in [-0.1, -0.05) is 12.1 Å². The molecule has 4 nitrogen and oxygen atoms in total. The first kappa shape index (κ1) is 12.2. The number of hydrogen-bond donors (Lipinski definition) is 2. The van der Waals surface area contributed by atoms with Gasteiger partial charge in [0.15, 0.2) is 0 Å². The first-order valence-corrected chi connectivity index (χ1v) is 6.71. The van der Waals surface area contributed by atoms with Crippen molar-refractivity contribution in [3.63, 3.8) is 0 Å². The van der Waals surface area contributed by atoms with Gasteiger partial charge < -0.3 is 15.0 Å². The fourth-order valence-electron chi connectivity index (χ4n) is 2.57. The van der Waals surface area contributed by atoms with Gasteiger partial charge in [-0.15, -0.1) is 0 Å². The van der Waals surface area contributed by atoms with Crippen LogP contribution < -0.4 is 10.1 Å². The number of H-pyrrole nitrogens is 1. The van der Waals surface area contributed by atoms with Crippen LogP contribution in [0.5, 0.6) is 5.75 Å². The Bertz CT molecular complexity index is 501. The average Bonchev–Trinajstić information content (AvgIpc) is 2.91. The van der Waals surface area contributed by atoms with E-state index in [1.54, 1.807) is 13.3 Å². The van der Waals surface area contributed by atoms with Gasteiger partial charge in [-0.25, -0.2) is 4.98 Å². The minimum Gasteiger partial charge on any atom is -0.497 e. The van der Waals surface area contributed by atoms with Crippen molar-refractivity contribution in [3.8, 4) is 5.75 Å². The van der Waals surface area contributed by atoms with Gasteiger partial charge in [0.1, 0.15) is 11.6 Å². The molecule has 1 fully saturated rings. The molecule has 2 aromatic rings. The van der Waals surface area contributed by atoms with Crippen molar-refractivity contribution in [3.05, 3.63) is 48.0 Å². The van der Waals surface area contributed by atoms with Crippen molar-refractivity contribution in [1.82, 2.24) is 15.3 Å². The van der Waals surface area contributed by atoms with E-state index in [-0.39, 0.29) is 0 Å². The maximum absolute atomic E-state index is 5.18. The highest BCUT2D eigenvalue weighted by Crippen LogP contribution is 2.37. The molecule has 0 amide bonds. The van der Waals surface area contributed by atoms with Gasteiger partial charge in [-0.2, -0.15) is 0 Å². The van der Waals surface area contributed by atoms with Crippen LogP contribution in [0.2, 0.25) is 0 Å². The Morgan fingerprint density at radius 2 is 2.11 bits per heavy atom. The normalized spacial score (nSPS) is 21.9. The molecular formula is C15H19N3O. The minimum absolute atomic E-state index is 0.609. The second kappa shape index (κ2) is 5.45. The molecule has 0 saturated heterocycles. The molecule has 100 valence electrons. The van der Waals surface area contributed by atoms with Crippen LogP contribution in [0, 0.1) is 0 Å². The minimum atomic E-state index is 0.609. The molecule has 3 rings (SSSR count). The molecule has 1 aromatic heterocycles. The molecule has 0 radical (unpaired) electrons. The maximum Gasteiger partial charge on any atom is 0.120 e. The number of nitrogens with zero attached hydrogens (tertiary/aromatic N) is 1. The van der Waals surface area contributed by atoms with Gasteiger partial charge in [0, 0.05) is 18.4 Å². The van der Waals surface area contributed by atoms with Gasteiger partial charge in [0.25, 0.3) is 0 Å². The number of ether oxygens (including phenoxy) is 1. The molecule has 0 aliphatic heterocycles. The monoisotopic (exact) mass is 257 g/mol. The molecule has 4 heteroatoms. The molecule has 1 heterocycles. The van der Waals surface area contributed by atoms with E-state index in [1.165, 1.54) is 18.4 Å². The zero-order chi connectivity index (χ0) is 13.1. The first-order chi connectivity index (χ1) is 9.35. The van der Waals surface area contributed by atoms with Crippen LogP contribution in [0.3, 0.4) is 0 Å². The Morgan fingerprint density at radius 3 is 2.74 bits per heavy atom. The number of imidazole rings is 1. The second-order valence-corrected chi connectivity index (χ2v) is 5.06. The van der Waals surface area contributed by atoms with Crippen molar-refractivity contribution in [1.29, 1.82) is 0 Å². The topological polar surface area (TPSA) is 49.9 Å². The molecule has 1 saturated carbocycles. The molecule has 19 heavy (non-hydrogen) atoms. The van der Waals surface area contributed by atoms with Crippen molar-refractivity contribution < 1.29 is 4.74 Å². The van der Waals surface area contributed by atoms with Gasteiger partial charge >= 0.3 is 0 Å². The highest BCUT2D eigenvalue weighted by Gasteiger charge is 2.29. The molecule has 1 aliphatic carbocycles. The third-order valence-electron chi connectivity index (χ3n) is 3.84. The zero-order valence-corrected chi connectivity index (χ0v) is 11.1. The van der Waals surface area contributed by atoms with Crippen molar-refractivity contribution in [2.24, 2.45) is 0 Å². The maximum atomic E-state index is 5.18. The molecule has 1 aromatic carbocycles. The van der Waals surface area contributed by atoms with Crippen LogP contribution in [-0.4, -0.2) is 23.1 Å². The lowest BCUT2D eigenvalue weighted by molar-refractivity contribution is 0.287. The van der Waals surface area contributed by atoms with Gasteiger partial charge in [-0.05, 0) is 36.5 Å². The summed E-state index contributed by atoms with van der Waals surface area (Å²) in [5.41, 5.74) is 1.41. The number of rotatable bonds is 5. The van der Waals surface area contributed by atoms with Gasteiger partial charge in [-0.3, -0.25) is 0 Å². The van der Waals surface area contributed by atoms with Crippen molar-refractivity contribution in [2.45, 2.75) is 31.3 Å². The molecule has 1 aliphatic rings. The van der Waals surface area contributed by atoms with E-state index in [1.807, 2.05) is 18.3 Å². The van der Waals surface area contributed by atoms with E-state index in [9.17, 15) is 0 Å². The van der Waals surface area contributed by atoms with Gasteiger partial charge in [0.2, 0.25) is 0 Å². The Kier molecular flexibility index (Phi) is 3.51. The largest absolute Gasteiger partial charge is 0.497 e. The van der Waals surface area contributed by atoms with Crippen LogP contribution in [-0.2, 0) is 6.54 Å². The third-order valence-corrected chi connectivity index (χ3v) is 3.84. The number of aromatic amines is 1. The summed E-state index contributed by atoms with van der Waals surface area (Å²) in [6.07, 6.45) is 6.05. The SMILES string of the molecule is COc1ccc(C2CC(NCc3ncc[nH]3)C2)cc1. The number of nitrogens with one attached hydrogen (secondary N) is 2. The predicted molar refractivity (Wildman–Crippen MR) is 74.2 cm³/mol. The predicted octanol–water partition coefficient (Wildman–Crippen LogP) is 2.45. The molecule has 0 spiro atoms. The molecule has 0 bridgehead atoms. The van der Waals surface area contributed by atoms with E-state index < -0.39 is 0 Å². The van der Waals surface area contributed by atoms with Crippen LogP contribution in [0.15, 0.2) is 36.7 Å². The molecule has 2 N–H and O–H groups in total. The van der Waals surface area contributed by atoms with Gasteiger partial charge in [0.05, 0.1) is 13.7 Å². The summed E-state index contributed by atoms with van der Waals surface area (Å²) in [6, 6.07) is 9.04. The lowest BCUT2D eigenvalue weighted by Crippen LogP contribution is -2.39. The third kappa shape index (κ3) is 2.79. The Hall–Kier alpha value is -1.81. The summed E-state index contributed by atoms with van der Waals surface area (Å²) < 4.78 is 5.18. The Labute approximate surface area is 113 Å². The summed E-state index contributed by atoms with van der Waals surface area (Å²) in [6.45, 7) is 0.826. The zero-order valence-electron chi connectivity index (χ0n) is 11.1. The quantitative estimate of drug-likeness (QED) is 0.865. The van der Waals surface area contributed by atoms with Crippen LogP contribution in [0.4, 0.5) is 0 Å². The van der Waals surface area contributed by atoms with E-state index in [0.717, 1.165) is 18.1 Å². The summed E-state index contributed by atoms with van der Waals surface area (Å²) in [4.78, 5) is 7.32. The smallest absolute Gasteiger partial charge is 0.120 e. The molecular weight excluding hydrogens is 238 g/mol. The average molecular weight is 257 g/mol. The van der Waals surface area contributed by atoms with E-state index in [2.05, 4.69) is 27.4 Å². The fourth-order valence-corrected chi connectivity index (χ4v) is 2.57. The van der Waals surface area contributed by atoms with E-state index in [4.69, 9.17) is 4.74 Å². The number of methoxy groups -OCH3 is 1.